The van der Waals surface area contributed by atoms with Crippen molar-refractivity contribution in [3.05, 3.63) is 235 Å². The zero-order chi connectivity index (χ0) is 59.7. The van der Waals surface area contributed by atoms with Crippen molar-refractivity contribution in [2.45, 2.75) is 78.1 Å². The number of nitrogen functional groups attached to an aromatic ring is 8. The maximum absolute atomic E-state index is 13.0. The molecule has 0 saturated carbocycles. The SMILES string of the molecule is Cc1cc(Cc2ccc(N)c(C(F)(F)F)c2)ccc1N.Cc1cc(Cc2ccc(N)c(C(F)(F)F)c2)ccc1N.Cc1cc(N)ccc1Cc1ccc(N)cc1C(F)(F)F.Cc1cc(N)ccc1Cc1ccc(N)cc1C(F)(F)F. The van der Waals surface area contributed by atoms with Gasteiger partial charge in [-0.15, -0.1) is 0 Å². The number of hydrogen-bond donors (Lipinski definition) is 8. The van der Waals surface area contributed by atoms with Crippen LogP contribution in [0.2, 0.25) is 0 Å². The van der Waals surface area contributed by atoms with E-state index in [2.05, 4.69) is 0 Å². The monoisotopic (exact) mass is 1120 g/mol. The van der Waals surface area contributed by atoms with Crippen LogP contribution in [0.5, 0.6) is 0 Å². The molecule has 0 fully saturated rings. The number of aryl methyl sites for hydroxylation is 4. The average Bonchev–Trinajstić information content (AvgIpc) is 3.34. The fourth-order valence-corrected chi connectivity index (χ4v) is 8.35. The lowest BCUT2D eigenvalue weighted by Gasteiger charge is -2.15. The fourth-order valence-electron chi connectivity index (χ4n) is 8.35. The van der Waals surface area contributed by atoms with Gasteiger partial charge in [0.15, 0.2) is 0 Å². The van der Waals surface area contributed by atoms with Gasteiger partial charge in [-0.25, -0.2) is 0 Å². The van der Waals surface area contributed by atoms with E-state index in [1.54, 1.807) is 60.7 Å². The summed E-state index contributed by atoms with van der Waals surface area (Å²) >= 11 is 0. The van der Waals surface area contributed by atoms with E-state index >= 15 is 0 Å². The topological polar surface area (TPSA) is 208 Å². The van der Waals surface area contributed by atoms with Crippen LogP contribution in [0.25, 0.3) is 0 Å². The van der Waals surface area contributed by atoms with Crippen LogP contribution in [0.1, 0.15) is 89.0 Å². The molecule has 0 saturated heterocycles. The van der Waals surface area contributed by atoms with Gasteiger partial charge in [0, 0.05) is 45.5 Å². The van der Waals surface area contributed by atoms with Gasteiger partial charge in [0.25, 0.3) is 0 Å². The Hall–Kier alpha value is -8.68. The van der Waals surface area contributed by atoms with Crippen LogP contribution in [-0.4, -0.2) is 0 Å². The normalized spacial score (nSPS) is 11.6. The summed E-state index contributed by atoms with van der Waals surface area (Å²) < 4.78 is 155. The summed E-state index contributed by atoms with van der Waals surface area (Å²) in [7, 11) is 0. The van der Waals surface area contributed by atoms with Gasteiger partial charge in [0.1, 0.15) is 0 Å². The first-order chi connectivity index (χ1) is 37.1. The minimum Gasteiger partial charge on any atom is -0.399 e. The molecule has 8 nitrogen and oxygen atoms in total. The maximum Gasteiger partial charge on any atom is 0.418 e. The minimum atomic E-state index is -4.43. The lowest BCUT2D eigenvalue weighted by molar-refractivity contribution is -0.138. The lowest BCUT2D eigenvalue weighted by Crippen LogP contribution is -2.10. The highest BCUT2D eigenvalue weighted by Gasteiger charge is 2.36. The summed E-state index contributed by atoms with van der Waals surface area (Å²) in [6.45, 7) is 7.39. The molecule has 0 radical (unpaired) electrons. The molecular weight excluding hydrogens is 1060 g/mol. The first-order valence-corrected chi connectivity index (χ1v) is 24.3. The highest BCUT2D eigenvalue weighted by molar-refractivity contribution is 5.56. The van der Waals surface area contributed by atoms with E-state index in [1.165, 1.54) is 36.4 Å². The molecule has 0 aliphatic rings. The van der Waals surface area contributed by atoms with Crippen molar-refractivity contribution in [2.75, 3.05) is 45.9 Å². The van der Waals surface area contributed by atoms with Crippen molar-refractivity contribution in [3.63, 3.8) is 0 Å². The van der Waals surface area contributed by atoms with E-state index in [0.29, 0.717) is 46.7 Å². The van der Waals surface area contributed by atoms with Crippen LogP contribution in [0.3, 0.4) is 0 Å². The summed E-state index contributed by atoms with van der Waals surface area (Å²) in [5, 5.41) is 0. The number of anilines is 8. The second-order valence-electron chi connectivity index (χ2n) is 19.1. The number of nitrogens with two attached hydrogens (primary N) is 8. The molecule has 0 atom stereocenters. The van der Waals surface area contributed by atoms with Gasteiger partial charge < -0.3 is 45.9 Å². The quantitative estimate of drug-likeness (QED) is 0.0541. The van der Waals surface area contributed by atoms with Gasteiger partial charge >= 0.3 is 24.7 Å². The number of alkyl halides is 12. The molecule has 20 heteroatoms. The van der Waals surface area contributed by atoms with Gasteiger partial charge in [0.2, 0.25) is 0 Å². The van der Waals surface area contributed by atoms with Crippen molar-refractivity contribution < 1.29 is 52.7 Å². The van der Waals surface area contributed by atoms with Crippen molar-refractivity contribution in [1.29, 1.82) is 0 Å². The summed E-state index contributed by atoms with van der Waals surface area (Å²) in [4.78, 5) is 0. The molecule has 0 bridgehead atoms. The first kappa shape index (κ1) is 62.2. The third-order valence-corrected chi connectivity index (χ3v) is 12.7. The first-order valence-electron chi connectivity index (χ1n) is 24.3. The Morgan fingerprint density at radius 3 is 0.787 bits per heavy atom. The molecule has 80 heavy (non-hydrogen) atoms. The standard InChI is InChI=1S/4C15H15F3N2/c2*1-9-6-12(19)4-2-10(9)7-11-3-5-13(20)8-14(11)15(16,17)18;2*1-9-6-10(2-4-13(9)19)7-11-3-5-14(20)12(8-11)15(16,17)18/h4*2-6,8H,7,19-20H2,1H3. The molecule has 424 valence electrons. The molecule has 0 unspecified atom stereocenters. The van der Waals surface area contributed by atoms with Gasteiger partial charge in [0.05, 0.1) is 22.3 Å². The maximum atomic E-state index is 13.0. The van der Waals surface area contributed by atoms with E-state index < -0.39 is 47.0 Å². The largest absolute Gasteiger partial charge is 0.418 e. The summed E-state index contributed by atoms with van der Waals surface area (Å²) in [5.41, 5.74) is 52.2. The molecule has 0 heterocycles. The number of hydrogen-bond acceptors (Lipinski definition) is 8. The predicted octanol–water partition coefficient (Wildman–Crippen LogP) is 15.1. The van der Waals surface area contributed by atoms with Gasteiger partial charge in [-0.2, -0.15) is 52.7 Å². The molecule has 0 aliphatic carbocycles. The van der Waals surface area contributed by atoms with E-state index in [1.807, 2.05) is 52.0 Å². The average molecular weight is 1120 g/mol. The minimum absolute atomic E-state index is 0.107. The molecule has 8 aromatic rings. The Kier molecular flexibility index (Phi) is 19.7. The third kappa shape index (κ3) is 17.7. The van der Waals surface area contributed by atoms with Crippen molar-refractivity contribution in [2.24, 2.45) is 0 Å². The Morgan fingerprint density at radius 1 is 0.250 bits per heavy atom. The summed E-state index contributed by atoms with van der Waals surface area (Å²) in [6.07, 6.45) is -16.5. The second-order valence-corrected chi connectivity index (χ2v) is 19.1. The van der Waals surface area contributed by atoms with E-state index in [9.17, 15) is 52.7 Å². The Labute approximate surface area is 455 Å². The number of rotatable bonds is 8. The van der Waals surface area contributed by atoms with Crippen LogP contribution in [0.4, 0.5) is 98.2 Å². The van der Waals surface area contributed by atoms with Crippen LogP contribution < -0.4 is 45.9 Å². The van der Waals surface area contributed by atoms with Crippen LogP contribution in [-0.2, 0) is 50.4 Å². The Bertz CT molecular complexity index is 3210. The van der Waals surface area contributed by atoms with E-state index in [4.69, 9.17) is 45.9 Å². The lowest BCUT2D eigenvalue weighted by atomic mass is 9.96. The third-order valence-electron chi connectivity index (χ3n) is 12.7. The van der Waals surface area contributed by atoms with Gasteiger partial charge in [-0.3, -0.25) is 0 Å². The smallest absolute Gasteiger partial charge is 0.399 e. The van der Waals surface area contributed by atoms with Gasteiger partial charge in [-0.1, -0.05) is 60.7 Å². The van der Waals surface area contributed by atoms with Crippen molar-refractivity contribution in [1.82, 2.24) is 0 Å². The molecule has 8 rings (SSSR count). The molecule has 16 N–H and O–H groups in total. The highest BCUT2D eigenvalue weighted by atomic mass is 19.4. The summed E-state index contributed by atoms with van der Waals surface area (Å²) in [5.74, 6) is 0. The van der Waals surface area contributed by atoms with Crippen LogP contribution >= 0.6 is 0 Å². The molecule has 0 aromatic heterocycles. The molecule has 0 spiro atoms. The van der Waals surface area contributed by atoms with Crippen LogP contribution in [0, 0.1) is 27.7 Å². The van der Waals surface area contributed by atoms with Crippen LogP contribution in [0.15, 0.2) is 146 Å². The summed E-state index contributed by atoms with van der Waals surface area (Å²) in [6, 6.07) is 37.0. The van der Waals surface area contributed by atoms with E-state index in [-0.39, 0.29) is 46.7 Å². The Balaban J connectivity index is 0.000000196. The Morgan fingerprint density at radius 2 is 0.512 bits per heavy atom. The van der Waals surface area contributed by atoms with Gasteiger partial charge in [-0.05, 0) is 205 Å². The van der Waals surface area contributed by atoms with Crippen molar-refractivity contribution >= 4 is 45.5 Å². The zero-order valence-electron chi connectivity index (χ0n) is 43.8. The number of benzene rings is 8. The van der Waals surface area contributed by atoms with E-state index in [0.717, 1.165) is 68.8 Å². The van der Waals surface area contributed by atoms with Crippen molar-refractivity contribution in [3.8, 4) is 0 Å². The molecule has 0 amide bonds. The predicted molar refractivity (Wildman–Crippen MR) is 297 cm³/mol. The second kappa shape index (κ2) is 25.4. The fraction of sp³-hybridized carbons (Fsp3) is 0.200. The zero-order valence-corrected chi connectivity index (χ0v) is 43.8. The number of halogens is 12. The molecular formula is C60H60F12N8. The molecule has 8 aromatic carbocycles. The molecule has 0 aliphatic heterocycles. The highest BCUT2D eigenvalue weighted by Crippen LogP contribution is 2.38.